The van der Waals surface area contributed by atoms with Crippen molar-refractivity contribution < 1.29 is 14.3 Å². The second-order valence-electron chi connectivity index (χ2n) is 6.61. The molecule has 1 N–H and O–H groups in total. The molecule has 2 heterocycles. The van der Waals surface area contributed by atoms with E-state index in [9.17, 15) is 4.79 Å². The summed E-state index contributed by atoms with van der Waals surface area (Å²) in [7, 11) is 0. The molecule has 0 aliphatic carbocycles. The highest BCUT2D eigenvalue weighted by molar-refractivity contribution is 5.94. The maximum atomic E-state index is 12.4. The Hall–Kier alpha value is -1.59. The first-order valence-corrected chi connectivity index (χ1v) is 9.13. The Labute approximate surface area is 144 Å². The van der Waals surface area contributed by atoms with Crippen LogP contribution in [0.2, 0.25) is 0 Å². The number of likely N-dealkylation sites (N-methyl/N-ethyl adjacent to an activating group) is 1. The molecule has 2 unspecified atom stereocenters. The van der Waals surface area contributed by atoms with Crippen LogP contribution in [0.25, 0.3) is 0 Å². The number of nitrogens with one attached hydrogen (secondary N) is 1. The van der Waals surface area contributed by atoms with Crippen molar-refractivity contribution in [3.05, 3.63) is 29.8 Å². The molecule has 5 heteroatoms. The number of amides is 1. The molecule has 0 aromatic heterocycles. The van der Waals surface area contributed by atoms with Gasteiger partial charge in [0.1, 0.15) is 12.4 Å². The number of carbonyl (C=O) groups excluding carboxylic acids is 1. The van der Waals surface area contributed by atoms with E-state index in [0.717, 1.165) is 38.3 Å². The number of benzene rings is 1. The van der Waals surface area contributed by atoms with E-state index in [-0.39, 0.29) is 12.0 Å². The van der Waals surface area contributed by atoms with Gasteiger partial charge in [-0.15, -0.1) is 0 Å². The summed E-state index contributed by atoms with van der Waals surface area (Å²) in [5.41, 5.74) is 0.654. The first-order chi connectivity index (χ1) is 11.8. The molecule has 0 spiro atoms. The minimum Gasteiger partial charge on any atom is -0.491 e. The zero-order valence-electron chi connectivity index (χ0n) is 14.5. The minimum atomic E-state index is -0.0273. The van der Waals surface area contributed by atoms with Gasteiger partial charge in [0.05, 0.1) is 6.10 Å². The summed E-state index contributed by atoms with van der Waals surface area (Å²) in [6.07, 6.45) is 4.73. The van der Waals surface area contributed by atoms with E-state index in [0.29, 0.717) is 24.8 Å². The Bertz CT molecular complexity index is 543. The molecular formula is C19H28N2O3. The molecule has 2 aliphatic heterocycles. The van der Waals surface area contributed by atoms with Gasteiger partial charge >= 0.3 is 0 Å². The van der Waals surface area contributed by atoms with Crippen molar-refractivity contribution in [2.45, 2.75) is 44.8 Å². The Morgan fingerprint density at radius 3 is 3.08 bits per heavy atom. The highest BCUT2D eigenvalue weighted by Gasteiger charge is 2.23. The molecule has 0 bridgehead atoms. The average molecular weight is 332 g/mol. The van der Waals surface area contributed by atoms with Crippen LogP contribution in [0.4, 0.5) is 0 Å². The molecule has 2 fully saturated rings. The summed E-state index contributed by atoms with van der Waals surface area (Å²) in [6, 6.07) is 7.88. The number of ether oxygens (including phenoxy) is 2. The van der Waals surface area contributed by atoms with Gasteiger partial charge in [0.25, 0.3) is 5.91 Å². The number of nitrogens with zero attached hydrogens (tertiary/aromatic N) is 1. The summed E-state index contributed by atoms with van der Waals surface area (Å²) in [5, 5.41) is 3.07. The van der Waals surface area contributed by atoms with Gasteiger partial charge in [0.2, 0.25) is 0 Å². The molecule has 1 aromatic carbocycles. The van der Waals surface area contributed by atoms with Crippen LogP contribution in [0, 0.1) is 0 Å². The maximum absolute atomic E-state index is 12.4. The molecule has 3 rings (SSSR count). The van der Waals surface area contributed by atoms with Gasteiger partial charge in [-0.1, -0.05) is 13.0 Å². The van der Waals surface area contributed by atoms with Gasteiger partial charge in [-0.2, -0.15) is 0 Å². The van der Waals surface area contributed by atoms with Crippen molar-refractivity contribution in [2.75, 3.05) is 32.8 Å². The summed E-state index contributed by atoms with van der Waals surface area (Å²) >= 11 is 0. The molecule has 24 heavy (non-hydrogen) atoms. The van der Waals surface area contributed by atoms with E-state index in [4.69, 9.17) is 9.47 Å². The summed E-state index contributed by atoms with van der Waals surface area (Å²) in [4.78, 5) is 14.8. The van der Waals surface area contributed by atoms with E-state index in [1.165, 1.54) is 12.8 Å². The lowest BCUT2D eigenvalue weighted by Gasteiger charge is -2.22. The molecule has 2 aliphatic rings. The quantitative estimate of drug-likeness (QED) is 0.833. The lowest BCUT2D eigenvalue weighted by Crippen LogP contribution is -2.40. The van der Waals surface area contributed by atoms with Crippen LogP contribution in [0.1, 0.15) is 43.0 Å². The fourth-order valence-electron chi connectivity index (χ4n) is 3.55. The molecule has 1 amide bonds. The second kappa shape index (κ2) is 8.49. The zero-order chi connectivity index (χ0) is 16.8. The Balaban J connectivity index is 1.49. The second-order valence-corrected chi connectivity index (χ2v) is 6.61. The Morgan fingerprint density at radius 2 is 2.29 bits per heavy atom. The monoisotopic (exact) mass is 332 g/mol. The number of hydrogen-bond acceptors (Lipinski definition) is 4. The van der Waals surface area contributed by atoms with Crippen LogP contribution in [-0.2, 0) is 4.74 Å². The van der Waals surface area contributed by atoms with Gasteiger partial charge in [0.15, 0.2) is 0 Å². The first kappa shape index (κ1) is 17.2. The van der Waals surface area contributed by atoms with Gasteiger partial charge in [-0.3, -0.25) is 9.69 Å². The predicted octanol–water partition coefficient (Wildman–Crippen LogP) is 2.46. The van der Waals surface area contributed by atoms with Crippen molar-refractivity contribution in [3.8, 4) is 5.75 Å². The number of rotatable bonds is 7. The largest absolute Gasteiger partial charge is 0.491 e. The smallest absolute Gasteiger partial charge is 0.251 e. The third kappa shape index (κ3) is 4.48. The third-order valence-corrected chi connectivity index (χ3v) is 4.96. The predicted molar refractivity (Wildman–Crippen MR) is 93.5 cm³/mol. The van der Waals surface area contributed by atoms with Crippen molar-refractivity contribution in [2.24, 2.45) is 0 Å². The Morgan fingerprint density at radius 1 is 1.38 bits per heavy atom. The topological polar surface area (TPSA) is 50.8 Å². The van der Waals surface area contributed by atoms with Crippen molar-refractivity contribution in [3.63, 3.8) is 0 Å². The zero-order valence-corrected chi connectivity index (χ0v) is 14.5. The van der Waals surface area contributed by atoms with E-state index in [1.807, 2.05) is 24.3 Å². The molecular weight excluding hydrogens is 304 g/mol. The van der Waals surface area contributed by atoms with Crippen LogP contribution < -0.4 is 10.1 Å². The van der Waals surface area contributed by atoms with Gasteiger partial charge in [-0.25, -0.2) is 0 Å². The van der Waals surface area contributed by atoms with Crippen LogP contribution in [0.3, 0.4) is 0 Å². The summed E-state index contributed by atoms with van der Waals surface area (Å²) in [6.45, 7) is 6.46. The van der Waals surface area contributed by atoms with Crippen molar-refractivity contribution in [1.82, 2.24) is 10.2 Å². The highest BCUT2D eigenvalue weighted by atomic mass is 16.5. The van der Waals surface area contributed by atoms with E-state index in [1.54, 1.807) is 0 Å². The molecule has 132 valence electrons. The standard InChI is InChI=1S/C19H28N2O3/c1-2-21-10-4-7-16(21)13-20-19(22)15-6-3-8-17(12-15)24-14-18-9-5-11-23-18/h3,6,8,12,16,18H,2,4-5,7,9-11,13-14H2,1H3,(H,20,22). The molecule has 0 radical (unpaired) electrons. The van der Waals surface area contributed by atoms with E-state index < -0.39 is 0 Å². The van der Waals surface area contributed by atoms with E-state index in [2.05, 4.69) is 17.1 Å². The number of carbonyl (C=O) groups is 1. The first-order valence-electron chi connectivity index (χ1n) is 9.13. The van der Waals surface area contributed by atoms with E-state index >= 15 is 0 Å². The molecule has 2 atom stereocenters. The van der Waals surface area contributed by atoms with Crippen molar-refractivity contribution in [1.29, 1.82) is 0 Å². The normalized spacial score (nSPS) is 24.2. The Kier molecular flexibility index (Phi) is 6.10. The number of hydrogen-bond donors (Lipinski definition) is 1. The molecule has 1 aromatic rings. The molecule has 5 nitrogen and oxygen atoms in total. The third-order valence-electron chi connectivity index (χ3n) is 4.96. The average Bonchev–Trinajstić information content (AvgIpc) is 3.29. The maximum Gasteiger partial charge on any atom is 0.251 e. The molecule has 2 saturated heterocycles. The fourth-order valence-corrected chi connectivity index (χ4v) is 3.55. The van der Waals surface area contributed by atoms with Crippen molar-refractivity contribution >= 4 is 5.91 Å². The van der Waals surface area contributed by atoms with Gasteiger partial charge in [0, 0.05) is 24.8 Å². The molecule has 0 saturated carbocycles. The van der Waals surface area contributed by atoms with Crippen LogP contribution in [0.5, 0.6) is 5.75 Å². The van der Waals surface area contributed by atoms with Gasteiger partial charge < -0.3 is 14.8 Å². The fraction of sp³-hybridized carbons (Fsp3) is 0.632. The lowest BCUT2D eigenvalue weighted by molar-refractivity contribution is 0.0679. The van der Waals surface area contributed by atoms with Crippen LogP contribution in [0.15, 0.2) is 24.3 Å². The van der Waals surface area contributed by atoms with Crippen LogP contribution in [-0.4, -0.2) is 55.8 Å². The lowest BCUT2D eigenvalue weighted by atomic mass is 10.1. The number of likely N-dealkylation sites (tertiary alicyclic amines) is 1. The summed E-state index contributed by atoms with van der Waals surface area (Å²) < 4.78 is 11.3. The van der Waals surface area contributed by atoms with Crippen LogP contribution >= 0.6 is 0 Å². The minimum absolute atomic E-state index is 0.0273. The van der Waals surface area contributed by atoms with Gasteiger partial charge in [-0.05, 0) is 57.0 Å². The highest BCUT2D eigenvalue weighted by Crippen LogP contribution is 2.18. The summed E-state index contributed by atoms with van der Waals surface area (Å²) in [5.74, 6) is 0.703. The SMILES string of the molecule is CCN1CCCC1CNC(=O)c1cccc(OCC2CCCO2)c1.